The second-order valence-corrected chi connectivity index (χ2v) is 8.68. The lowest BCUT2D eigenvalue weighted by molar-refractivity contribution is -0.384. The van der Waals surface area contributed by atoms with Gasteiger partial charge in [0.2, 0.25) is 0 Å². The Bertz CT molecular complexity index is 958. The van der Waals surface area contributed by atoms with Gasteiger partial charge in [-0.3, -0.25) is 14.9 Å². The highest BCUT2D eigenvalue weighted by atomic mass is 16.6. The van der Waals surface area contributed by atoms with Crippen molar-refractivity contribution in [3.05, 3.63) is 40.2 Å². The third kappa shape index (κ3) is 6.25. The summed E-state index contributed by atoms with van der Waals surface area (Å²) >= 11 is 0. The van der Waals surface area contributed by atoms with Gasteiger partial charge in [0.1, 0.15) is 5.60 Å². The number of non-ortho nitro benzene ring substituents is 1. The Hall–Kier alpha value is -3.50. The zero-order valence-electron chi connectivity index (χ0n) is 18.4. The fourth-order valence-electron chi connectivity index (χ4n) is 3.36. The third-order valence-electron chi connectivity index (χ3n) is 5.06. The molecular weight excluding hydrogens is 418 g/mol. The summed E-state index contributed by atoms with van der Waals surface area (Å²) < 4.78 is 10.5. The Balaban J connectivity index is 1.42. The lowest BCUT2D eigenvalue weighted by Gasteiger charge is -2.33. The Labute approximate surface area is 185 Å². The van der Waals surface area contributed by atoms with Gasteiger partial charge >= 0.3 is 6.09 Å². The van der Waals surface area contributed by atoms with Crippen LogP contribution in [0.2, 0.25) is 0 Å². The lowest BCUT2D eigenvalue weighted by Crippen LogP contribution is -2.42. The van der Waals surface area contributed by atoms with Crippen LogP contribution in [0, 0.1) is 16.0 Å². The molecular formula is C21H27N5O6. The summed E-state index contributed by atoms with van der Waals surface area (Å²) in [7, 11) is 0. The first kappa shape index (κ1) is 23.2. The fraction of sp³-hybridized carbons (Fsp3) is 0.524. The van der Waals surface area contributed by atoms with E-state index in [1.165, 1.54) is 24.3 Å². The number of amides is 2. The van der Waals surface area contributed by atoms with E-state index >= 15 is 0 Å². The van der Waals surface area contributed by atoms with Crippen molar-refractivity contribution in [2.24, 2.45) is 5.92 Å². The molecule has 0 spiro atoms. The quantitative estimate of drug-likeness (QED) is 0.527. The Morgan fingerprint density at radius 2 is 1.91 bits per heavy atom. The van der Waals surface area contributed by atoms with Crippen LogP contribution in [0.5, 0.6) is 0 Å². The molecule has 3 rings (SSSR count). The van der Waals surface area contributed by atoms with Crippen LogP contribution in [-0.2, 0) is 4.74 Å². The second kappa shape index (κ2) is 9.75. The highest BCUT2D eigenvalue weighted by Gasteiger charge is 2.27. The molecule has 0 aliphatic carbocycles. The predicted molar refractivity (Wildman–Crippen MR) is 114 cm³/mol. The molecule has 0 radical (unpaired) electrons. The van der Waals surface area contributed by atoms with E-state index in [1.54, 1.807) is 4.90 Å². The highest BCUT2D eigenvalue weighted by Crippen LogP contribution is 2.23. The number of nitro benzene ring substituents is 1. The van der Waals surface area contributed by atoms with Gasteiger partial charge in [0.15, 0.2) is 0 Å². The maximum atomic E-state index is 12.3. The van der Waals surface area contributed by atoms with E-state index in [2.05, 4.69) is 15.5 Å². The summed E-state index contributed by atoms with van der Waals surface area (Å²) in [5.74, 6) is -0.0410. The molecule has 1 fully saturated rings. The SMILES string of the molecule is CC(C)(C)OC(=O)N1CCC(CCNC(=O)c2noc(-c3ccc([N+](=O)[O-])cc3)n2)CC1. The summed E-state index contributed by atoms with van der Waals surface area (Å²) in [4.78, 5) is 40.4. The Morgan fingerprint density at radius 3 is 2.50 bits per heavy atom. The molecule has 11 nitrogen and oxygen atoms in total. The van der Waals surface area contributed by atoms with E-state index in [4.69, 9.17) is 9.26 Å². The van der Waals surface area contributed by atoms with Crippen LogP contribution in [0.1, 0.15) is 50.7 Å². The monoisotopic (exact) mass is 445 g/mol. The smallest absolute Gasteiger partial charge is 0.410 e. The number of carbonyl (C=O) groups is 2. The molecule has 2 amide bonds. The number of nitrogens with one attached hydrogen (secondary N) is 1. The van der Waals surface area contributed by atoms with Crippen molar-refractivity contribution in [1.29, 1.82) is 0 Å². The number of hydrogen-bond acceptors (Lipinski definition) is 8. The minimum absolute atomic E-state index is 0.0526. The standard InChI is InChI=1S/C21H27N5O6/c1-21(2,3)31-20(28)25-12-9-14(10-13-25)8-11-22-18(27)17-23-19(32-24-17)15-4-6-16(7-5-15)26(29)30/h4-7,14H,8-13H2,1-3H3,(H,22,27). The molecule has 0 bridgehead atoms. The normalized spacial score (nSPS) is 14.8. The first-order valence-corrected chi connectivity index (χ1v) is 10.5. The molecule has 0 saturated carbocycles. The predicted octanol–water partition coefficient (Wildman–Crippen LogP) is 3.41. The zero-order valence-corrected chi connectivity index (χ0v) is 18.4. The van der Waals surface area contributed by atoms with Crippen molar-refractivity contribution in [3.63, 3.8) is 0 Å². The molecule has 2 aromatic rings. The largest absolute Gasteiger partial charge is 0.444 e. The van der Waals surface area contributed by atoms with Crippen LogP contribution in [0.25, 0.3) is 11.5 Å². The Kier molecular flexibility index (Phi) is 7.06. The van der Waals surface area contributed by atoms with E-state index in [1.807, 2.05) is 20.8 Å². The van der Waals surface area contributed by atoms with E-state index < -0.39 is 16.4 Å². The summed E-state index contributed by atoms with van der Waals surface area (Å²) in [6.07, 6.45) is 2.19. The number of hydrogen-bond donors (Lipinski definition) is 1. The first-order valence-electron chi connectivity index (χ1n) is 10.5. The van der Waals surface area contributed by atoms with Gasteiger partial charge in [0.25, 0.3) is 23.3 Å². The van der Waals surface area contributed by atoms with Crippen molar-refractivity contribution in [2.75, 3.05) is 19.6 Å². The number of carbonyl (C=O) groups excluding carboxylic acids is 2. The van der Waals surface area contributed by atoms with Gasteiger partial charge in [-0.25, -0.2) is 4.79 Å². The zero-order chi connectivity index (χ0) is 23.3. The number of benzene rings is 1. The number of aromatic nitrogens is 2. The molecule has 1 aromatic carbocycles. The minimum atomic E-state index is -0.508. The molecule has 1 aromatic heterocycles. The summed E-state index contributed by atoms with van der Waals surface area (Å²) in [5, 5.41) is 17.2. The van der Waals surface area contributed by atoms with E-state index in [-0.39, 0.29) is 23.5 Å². The number of piperidine rings is 1. The fourth-order valence-corrected chi connectivity index (χ4v) is 3.36. The van der Waals surface area contributed by atoms with Crippen molar-refractivity contribution >= 4 is 17.7 Å². The van der Waals surface area contributed by atoms with Crippen LogP contribution in [0.15, 0.2) is 28.8 Å². The molecule has 32 heavy (non-hydrogen) atoms. The van der Waals surface area contributed by atoms with Crippen molar-refractivity contribution in [1.82, 2.24) is 20.4 Å². The summed E-state index contributed by atoms with van der Waals surface area (Å²) in [5.41, 5.74) is -0.0758. The van der Waals surface area contributed by atoms with Crippen molar-refractivity contribution < 1.29 is 23.8 Å². The number of rotatable bonds is 6. The minimum Gasteiger partial charge on any atom is -0.444 e. The Morgan fingerprint density at radius 1 is 1.25 bits per heavy atom. The maximum Gasteiger partial charge on any atom is 0.410 e. The lowest BCUT2D eigenvalue weighted by atomic mass is 9.94. The van der Waals surface area contributed by atoms with Gasteiger partial charge in [-0.1, -0.05) is 5.16 Å². The molecule has 0 unspecified atom stereocenters. The number of nitrogens with zero attached hydrogens (tertiary/aromatic N) is 4. The van der Waals surface area contributed by atoms with Gasteiger partial charge < -0.3 is 19.5 Å². The van der Waals surface area contributed by atoms with Crippen LogP contribution in [-0.4, -0.2) is 57.2 Å². The van der Waals surface area contributed by atoms with Gasteiger partial charge in [-0.05, 0) is 58.1 Å². The van der Waals surface area contributed by atoms with Crippen LogP contribution >= 0.6 is 0 Å². The highest BCUT2D eigenvalue weighted by molar-refractivity contribution is 5.90. The molecule has 11 heteroatoms. The molecule has 1 aliphatic rings. The molecule has 1 N–H and O–H groups in total. The molecule has 1 saturated heterocycles. The van der Waals surface area contributed by atoms with Gasteiger partial charge in [0.05, 0.1) is 4.92 Å². The van der Waals surface area contributed by atoms with E-state index in [0.29, 0.717) is 31.1 Å². The van der Waals surface area contributed by atoms with E-state index in [0.717, 1.165) is 19.3 Å². The van der Waals surface area contributed by atoms with Crippen LogP contribution in [0.3, 0.4) is 0 Å². The number of nitro groups is 1. The molecule has 1 aliphatic heterocycles. The van der Waals surface area contributed by atoms with Crippen LogP contribution < -0.4 is 5.32 Å². The average molecular weight is 445 g/mol. The first-order chi connectivity index (χ1) is 15.1. The van der Waals surface area contributed by atoms with Gasteiger partial charge in [-0.15, -0.1) is 0 Å². The topological polar surface area (TPSA) is 141 Å². The molecule has 172 valence electrons. The maximum absolute atomic E-state index is 12.3. The number of likely N-dealkylation sites (tertiary alicyclic amines) is 1. The van der Waals surface area contributed by atoms with Crippen molar-refractivity contribution in [2.45, 2.75) is 45.6 Å². The average Bonchev–Trinajstić information content (AvgIpc) is 3.23. The molecule has 0 atom stereocenters. The molecule has 2 heterocycles. The summed E-state index contributed by atoms with van der Waals surface area (Å²) in [6.45, 7) is 7.27. The van der Waals surface area contributed by atoms with Crippen molar-refractivity contribution in [3.8, 4) is 11.5 Å². The van der Waals surface area contributed by atoms with Gasteiger partial charge in [-0.2, -0.15) is 4.98 Å². The van der Waals surface area contributed by atoms with Crippen LogP contribution in [0.4, 0.5) is 10.5 Å². The number of ether oxygens (including phenoxy) is 1. The third-order valence-corrected chi connectivity index (χ3v) is 5.06. The van der Waals surface area contributed by atoms with Gasteiger partial charge in [0, 0.05) is 37.3 Å². The second-order valence-electron chi connectivity index (χ2n) is 8.68. The summed E-state index contributed by atoms with van der Waals surface area (Å²) in [6, 6.07) is 5.62. The van der Waals surface area contributed by atoms with E-state index in [9.17, 15) is 19.7 Å².